The SMILES string of the molecule is NC(N)=Nc1nc(-c2c(Cl)ccc(F)c2Cl)cs1. The molecular formula is C10H7Cl2FN4S. The van der Waals surface area contributed by atoms with Crippen LogP contribution in [-0.4, -0.2) is 10.9 Å². The number of halogens is 3. The third-order valence-corrected chi connectivity index (χ3v) is 3.44. The van der Waals surface area contributed by atoms with Crippen LogP contribution < -0.4 is 11.5 Å². The molecule has 8 heteroatoms. The standard InChI is InChI=1S/C10H7Cl2FN4S/c11-4-1-2-5(13)8(12)7(4)6-3-18-10(16-6)17-9(14)15/h1-3H,(H4,14,15,16,17). The first-order valence-electron chi connectivity index (χ1n) is 4.68. The molecule has 0 spiro atoms. The largest absolute Gasteiger partial charge is 0.370 e. The van der Waals surface area contributed by atoms with Gasteiger partial charge >= 0.3 is 0 Å². The molecule has 0 bridgehead atoms. The Hall–Kier alpha value is -1.37. The highest BCUT2D eigenvalue weighted by Gasteiger charge is 2.15. The Balaban J connectivity index is 2.53. The minimum atomic E-state index is -0.563. The van der Waals surface area contributed by atoms with Crippen molar-refractivity contribution in [3.05, 3.63) is 33.4 Å². The minimum Gasteiger partial charge on any atom is -0.370 e. The topological polar surface area (TPSA) is 77.3 Å². The number of rotatable bonds is 2. The van der Waals surface area contributed by atoms with E-state index >= 15 is 0 Å². The maximum Gasteiger partial charge on any atom is 0.212 e. The minimum absolute atomic E-state index is 0.0796. The molecule has 1 aromatic carbocycles. The molecule has 2 aromatic rings. The van der Waals surface area contributed by atoms with Crippen molar-refractivity contribution >= 4 is 45.6 Å². The first kappa shape index (κ1) is 13.1. The first-order chi connectivity index (χ1) is 8.49. The third-order valence-electron chi connectivity index (χ3n) is 2.02. The number of nitrogens with two attached hydrogens (primary N) is 2. The van der Waals surface area contributed by atoms with Gasteiger partial charge in [-0.25, -0.2) is 9.37 Å². The van der Waals surface area contributed by atoms with E-state index in [1.807, 2.05) is 0 Å². The lowest BCUT2D eigenvalue weighted by molar-refractivity contribution is 0.628. The molecule has 0 fully saturated rings. The smallest absolute Gasteiger partial charge is 0.212 e. The second-order valence-corrected chi connectivity index (χ2v) is 4.89. The highest BCUT2D eigenvalue weighted by atomic mass is 35.5. The van der Waals surface area contributed by atoms with Crippen LogP contribution in [0.3, 0.4) is 0 Å². The number of hydrogen-bond acceptors (Lipinski definition) is 3. The van der Waals surface area contributed by atoms with Crippen molar-refractivity contribution in [2.75, 3.05) is 0 Å². The van der Waals surface area contributed by atoms with Crippen molar-refractivity contribution in [2.24, 2.45) is 16.5 Å². The van der Waals surface area contributed by atoms with E-state index in [1.165, 1.54) is 23.5 Å². The molecule has 2 rings (SSSR count). The molecule has 0 radical (unpaired) electrons. The zero-order valence-electron chi connectivity index (χ0n) is 8.82. The Kier molecular flexibility index (Phi) is 3.70. The van der Waals surface area contributed by atoms with Crippen LogP contribution in [0.1, 0.15) is 0 Å². The quantitative estimate of drug-likeness (QED) is 0.508. The highest BCUT2D eigenvalue weighted by molar-refractivity contribution is 7.13. The molecular weight excluding hydrogens is 298 g/mol. The van der Waals surface area contributed by atoms with E-state index in [0.717, 1.165) is 0 Å². The second-order valence-electron chi connectivity index (χ2n) is 3.27. The zero-order valence-corrected chi connectivity index (χ0v) is 11.2. The Morgan fingerprint density at radius 1 is 1.33 bits per heavy atom. The monoisotopic (exact) mass is 304 g/mol. The number of aromatic nitrogens is 1. The first-order valence-corrected chi connectivity index (χ1v) is 6.31. The third kappa shape index (κ3) is 2.55. The Bertz CT molecular complexity index is 622. The molecule has 0 saturated carbocycles. The van der Waals surface area contributed by atoms with E-state index in [0.29, 0.717) is 21.4 Å². The van der Waals surface area contributed by atoms with Gasteiger partial charge in [-0.1, -0.05) is 23.2 Å². The van der Waals surface area contributed by atoms with Gasteiger partial charge in [0, 0.05) is 10.9 Å². The van der Waals surface area contributed by atoms with Crippen LogP contribution in [0.15, 0.2) is 22.5 Å². The van der Waals surface area contributed by atoms with E-state index in [9.17, 15) is 4.39 Å². The predicted molar refractivity (Wildman–Crippen MR) is 73.0 cm³/mol. The summed E-state index contributed by atoms with van der Waals surface area (Å²) in [5.74, 6) is -0.667. The van der Waals surface area contributed by atoms with Crippen LogP contribution in [0, 0.1) is 5.82 Å². The normalized spacial score (nSPS) is 10.4. The van der Waals surface area contributed by atoms with Crippen LogP contribution in [0.25, 0.3) is 11.3 Å². The van der Waals surface area contributed by atoms with Crippen LogP contribution >= 0.6 is 34.5 Å². The molecule has 1 aromatic heterocycles. The van der Waals surface area contributed by atoms with Crippen molar-refractivity contribution in [3.8, 4) is 11.3 Å². The van der Waals surface area contributed by atoms with Crippen molar-refractivity contribution in [3.63, 3.8) is 0 Å². The number of nitrogens with zero attached hydrogens (tertiary/aromatic N) is 2. The second kappa shape index (κ2) is 5.09. The molecule has 0 aliphatic heterocycles. The van der Waals surface area contributed by atoms with Crippen LogP contribution in [0.2, 0.25) is 10.0 Å². The van der Waals surface area contributed by atoms with Crippen LogP contribution in [0.5, 0.6) is 0 Å². The lowest BCUT2D eigenvalue weighted by Crippen LogP contribution is -2.21. The van der Waals surface area contributed by atoms with E-state index in [-0.39, 0.29) is 11.0 Å². The fraction of sp³-hybridized carbons (Fsp3) is 0. The molecule has 4 N–H and O–H groups in total. The van der Waals surface area contributed by atoms with Gasteiger partial charge in [-0.05, 0) is 12.1 Å². The van der Waals surface area contributed by atoms with E-state index in [1.54, 1.807) is 5.38 Å². The fourth-order valence-electron chi connectivity index (χ4n) is 1.30. The van der Waals surface area contributed by atoms with E-state index < -0.39 is 5.82 Å². The summed E-state index contributed by atoms with van der Waals surface area (Å²) in [4.78, 5) is 7.91. The van der Waals surface area contributed by atoms with Gasteiger partial charge in [-0.3, -0.25) is 0 Å². The van der Waals surface area contributed by atoms with Gasteiger partial charge in [0.1, 0.15) is 5.82 Å². The van der Waals surface area contributed by atoms with Crippen molar-refractivity contribution in [2.45, 2.75) is 0 Å². The molecule has 0 saturated heterocycles. The number of guanidine groups is 1. The molecule has 0 unspecified atom stereocenters. The summed E-state index contributed by atoms with van der Waals surface area (Å²) < 4.78 is 13.4. The van der Waals surface area contributed by atoms with E-state index in [2.05, 4.69) is 9.98 Å². The van der Waals surface area contributed by atoms with Crippen molar-refractivity contribution in [1.82, 2.24) is 4.98 Å². The van der Waals surface area contributed by atoms with E-state index in [4.69, 9.17) is 34.7 Å². The van der Waals surface area contributed by atoms with Crippen LogP contribution in [0.4, 0.5) is 9.52 Å². The molecule has 0 aliphatic carbocycles. The fourth-order valence-corrected chi connectivity index (χ4v) is 2.56. The van der Waals surface area contributed by atoms with Gasteiger partial charge in [0.05, 0.1) is 15.7 Å². The van der Waals surface area contributed by atoms with Crippen molar-refractivity contribution in [1.29, 1.82) is 0 Å². The maximum atomic E-state index is 13.4. The lowest BCUT2D eigenvalue weighted by atomic mass is 10.1. The van der Waals surface area contributed by atoms with Crippen LogP contribution in [-0.2, 0) is 0 Å². The Morgan fingerprint density at radius 2 is 2.06 bits per heavy atom. The van der Waals surface area contributed by atoms with Gasteiger partial charge in [-0.15, -0.1) is 11.3 Å². The van der Waals surface area contributed by atoms with Gasteiger partial charge in [0.15, 0.2) is 5.96 Å². The molecule has 1 heterocycles. The van der Waals surface area contributed by atoms with Gasteiger partial charge in [-0.2, -0.15) is 4.99 Å². The number of aliphatic imine (C=N–C) groups is 1. The molecule has 0 atom stereocenters. The molecule has 94 valence electrons. The molecule has 0 amide bonds. The number of hydrogen-bond donors (Lipinski definition) is 2. The summed E-state index contributed by atoms with van der Waals surface area (Å²) in [5, 5.41) is 2.22. The summed E-state index contributed by atoms with van der Waals surface area (Å²) in [5.41, 5.74) is 11.2. The van der Waals surface area contributed by atoms with Gasteiger partial charge < -0.3 is 11.5 Å². The predicted octanol–water partition coefficient (Wildman–Crippen LogP) is 3.16. The van der Waals surface area contributed by atoms with Gasteiger partial charge in [0.2, 0.25) is 5.13 Å². The Labute approximate surface area is 116 Å². The molecule has 0 aliphatic rings. The highest BCUT2D eigenvalue weighted by Crippen LogP contribution is 2.37. The Morgan fingerprint density at radius 3 is 2.72 bits per heavy atom. The average Bonchev–Trinajstić information content (AvgIpc) is 2.71. The number of benzene rings is 1. The molecule has 18 heavy (non-hydrogen) atoms. The maximum absolute atomic E-state index is 13.4. The van der Waals surface area contributed by atoms with Gasteiger partial charge in [0.25, 0.3) is 0 Å². The summed E-state index contributed by atoms with van der Waals surface area (Å²) >= 11 is 13.0. The summed E-state index contributed by atoms with van der Waals surface area (Å²) in [6, 6.07) is 2.61. The summed E-state index contributed by atoms with van der Waals surface area (Å²) in [6.07, 6.45) is 0. The lowest BCUT2D eigenvalue weighted by Gasteiger charge is -2.04. The summed E-state index contributed by atoms with van der Waals surface area (Å²) in [6.45, 7) is 0. The summed E-state index contributed by atoms with van der Waals surface area (Å²) in [7, 11) is 0. The zero-order chi connectivity index (χ0) is 13.3. The molecule has 4 nitrogen and oxygen atoms in total. The van der Waals surface area contributed by atoms with Crippen molar-refractivity contribution < 1.29 is 4.39 Å². The number of thiazole rings is 1. The average molecular weight is 305 g/mol.